The van der Waals surface area contributed by atoms with E-state index in [9.17, 15) is 0 Å². The summed E-state index contributed by atoms with van der Waals surface area (Å²) in [4.78, 5) is 4.09. The maximum atomic E-state index is 5.00. The Bertz CT molecular complexity index is 220. The molecule has 0 aliphatic carbocycles. The molecule has 0 bridgehead atoms. The first-order valence-electron chi connectivity index (χ1n) is 3.77. The van der Waals surface area contributed by atoms with Gasteiger partial charge in [0.05, 0.1) is 0 Å². The second kappa shape index (κ2) is 3.85. The van der Waals surface area contributed by atoms with Gasteiger partial charge in [0.15, 0.2) is 0 Å². The first-order chi connectivity index (χ1) is 5.27. The van der Waals surface area contributed by atoms with Crippen LogP contribution in [0.4, 0.5) is 0 Å². The molecular weight excluding hydrogens is 208 g/mol. The minimum absolute atomic E-state index is 0.411. The Morgan fingerprint density at radius 3 is 2.45 bits per heavy atom. The largest absolute Gasteiger partial charge is 0.338 e. The predicted molar refractivity (Wildman–Crippen MR) is 45.3 cm³/mol. The van der Waals surface area contributed by atoms with Crippen LogP contribution in [0.15, 0.2) is 9.26 Å². The van der Waals surface area contributed by atoms with Crippen LogP contribution >= 0.6 is 15.9 Å². The molecule has 0 amide bonds. The highest BCUT2D eigenvalue weighted by molar-refractivity contribution is 9.10. The van der Waals surface area contributed by atoms with E-state index in [1.165, 1.54) is 0 Å². The van der Waals surface area contributed by atoms with Gasteiger partial charge in [0.1, 0.15) is 0 Å². The van der Waals surface area contributed by atoms with Gasteiger partial charge in [-0.3, -0.25) is 0 Å². The fourth-order valence-electron chi connectivity index (χ4n) is 1.02. The average molecular weight is 219 g/mol. The van der Waals surface area contributed by atoms with Crippen LogP contribution in [-0.4, -0.2) is 10.1 Å². The van der Waals surface area contributed by atoms with Crippen molar-refractivity contribution in [1.82, 2.24) is 10.1 Å². The van der Waals surface area contributed by atoms with Crippen molar-refractivity contribution in [1.29, 1.82) is 0 Å². The van der Waals surface area contributed by atoms with Gasteiger partial charge in [-0.2, -0.15) is 4.98 Å². The lowest BCUT2D eigenvalue weighted by Crippen LogP contribution is -1.94. The third-order valence-electron chi connectivity index (χ3n) is 1.75. The molecule has 1 heterocycles. The topological polar surface area (TPSA) is 38.9 Å². The molecule has 0 saturated carbocycles. The smallest absolute Gasteiger partial charge is 0.238 e. The SMILES string of the molecule is CCC(CC)c1nc(Br)no1. The number of nitrogens with zero attached hydrogens (tertiary/aromatic N) is 2. The quantitative estimate of drug-likeness (QED) is 0.784. The molecule has 11 heavy (non-hydrogen) atoms. The van der Waals surface area contributed by atoms with E-state index in [0.717, 1.165) is 18.7 Å². The second-order valence-corrected chi connectivity index (χ2v) is 3.12. The summed E-state index contributed by atoms with van der Waals surface area (Å²) in [6, 6.07) is 0. The van der Waals surface area contributed by atoms with E-state index in [0.29, 0.717) is 10.7 Å². The Labute approximate surface area is 74.3 Å². The van der Waals surface area contributed by atoms with Gasteiger partial charge in [0, 0.05) is 5.92 Å². The predicted octanol–water partition coefficient (Wildman–Crippen LogP) is 2.74. The zero-order valence-electron chi connectivity index (χ0n) is 6.67. The van der Waals surface area contributed by atoms with E-state index in [4.69, 9.17) is 4.52 Å². The van der Waals surface area contributed by atoms with Crippen molar-refractivity contribution in [3.63, 3.8) is 0 Å². The molecule has 0 aliphatic heterocycles. The summed E-state index contributed by atoms with van der Waals surface area (Å²) in [7, 11) is 0. The molecular formula is C7H11BrN2O. The maximum absolute atomic E-state index is 5.00. The van der Waals surface area contributed by atoms with Crippen LogP contribution in [0.3, 0.4) is 0 Å². The van der Waals surface area contributed by atoms with Crippen molar-refractivity contribution in [3.8, 4) is 0 Å². The Hall–Kier alpha value is -0.380. The van der Waals surface area contributed by atoms with Gasteiger partial charge in [0.2, 0.25) is 10.6 Å². The lowest BCUT2D eigenvalue weighted by Gasteiger charge is -2.03. The van der Waals surface area contributed by atoms with E-state index in [-0.39, 0.29) is 0 Å². The maximum Gasteiger partial charge on any atom is 0.238 e. The lowest BCUT2D eigenvalue weighted by atomic mass is 10.0. The highest BCUT2D eigenvalue weighted by Gasteiger charge is 2.13. The Morgan fingerprint density at radius 1 is 1.45 bits per heavy atom. The first-order valence-corrected chi connectivity index (χ1v) is 4.56. The summed E-state index contributed by atoms with van der Waals surface area (Å²) in [6.07, 6.45) is 2.09. The van der Waals surface area contributed by atoms with Crippen LogP contribution < -0.4 is 0 Å². The summed E-state index contributed by atoms with van der Waals surface area (Å²) in [5.74, 6) is 1.15. The molecule has 0 radical (unpaired) electrons. The van der Waals surface area contributed by atoms with Gasteiger partial charge in [-0.1, -0.05) is 13.8 Å². The van der Waals surface area contributed by atoms with Crippen molar-refractivity contribution >= 4 is 15.9 Å². The van der Waals surface area contributed by atoms with Crippen molar-refractivity contribution in [2.24, 2.45) is 0 Å². The van der Waals surface area contributed by atoms with E-state index >= 15 is 0 Å². The van der Waals surface area contributed by atoms with Gasteiger partial charge in [-0.05, 0) is 33.9 Å². The highest BCUT2D eigenvalue weighted by atomic mass is 79.9. The van der Waals surface area contributed by atoms with Crippen LogP contribution in [-0.2, 0) is 0 Å². The summed E-state index contributed by atoms with van der Waals surface area (Å²) in [5.41, 5.74) is 0. The molecule has 0 N–H and O–H groups in total. The van der Waals surface area contributed by atoms with Gasteiger partial charge >= 0.3 is 0 Å². The molecule has 0 atom stereocenters. The molecule has 0 saturated heterocycles. The molecule has 62 valence electrons. The molecule has 0 spiro atoms. The summed E-state index contributed by atoms with van der Waals surface area (Å²) in [6.45, 7) is 4.23. The molecule has 4 heteroatoms. The van der Waals surface area contributed by atoms with E-state index in [1.54, 1.807) is 0 Å². The number of hydrogen-bond acceptors (Lipinski definition) is 3. The van der Waals surface area contributed by atoms with Crippen LogP contribution in [0.5, 0.6) is 0 Å². The van der Waals surface area contributed by atoms with E-state index in [1.807, 2.05) is 0 Å². The third-order valence-corrected chi connectivity index (χ3v) is 2.07. The fourth-order valence-corrected chi connectivity index (χ4v) is 1.27. The highest BCUT2D eigenvalue weighted by Crippen LogP contribution is 2.21. The van der Waals surface area contributed by atoms with Gasteiger partial charge in [0.25, 0.3) is 0 Å². The summed E-state index contributed by atoms with van der Waals surface area (Å²) in [5, 5.41) is 3.66. The average Bonchev–Trinajstić information content (AvgIpc) is 2.39. The monoisotopic (exact) mass is 218 g/mol. The fraction of sp³-hybridized carbons (Fsp3) is 0.714. The second-order valence-electron chi connectivity index (χ2n) is 2.42. The molecule has 0 unspecified atom stereocenters. The van der Waals surface area contributed by atoms with Crippen LogP contribution in [0, 0.1) is 0 Å². The number of rotatable bonds is 3. The van der Waals surface area contributed by atoms with Crippen LogP contribution in [0.25, 0.3) is 0 Å². The van der Waals surface area contributed by atoms with Crippen molar-refractivity contribution < 1.29 is 4.52 Å². The zero-order chi connectivity index (χ0) is 8.27. The molecule has 1 rings (SSSR count). The molecule has 0 fully saturated rings. The van der Waals surface area contributed by atoms with E-state index in [2.05, 4.69) is 39.9 Å². The minimum Gasteiger partial charge on any atom is -0.338 e. The molecule has 1 aromatic rings. The number of halogens is 1. The van der Waals surface area contributed by atoms with E-state index < -0.39 is 0 Å². The van der Waals surface area contributed by atoms with Gasteiger partial charge in [-0.25, -0.2) is 0 Å². The van der Waals surface area contributed by atoms with Crippen LogP contribution in [0.1, 0.15) is 38.5 Å². The summed E-state index contributed by atoms with van der Waals surface area (Å²) >= 11 is 3.14. The van der Waals surface area contributed by atoms with Gasteiger partial charge < -0.3 is 4.52 Å². The van der Waals surface area contributed by atoms with Crippen LogP contribution in [0.2, 0.25) is 0 Å². The Morgan fingerprint density at radius 2 is 2.09 bits per heavy atom. The molecule has 1 aromatic heterocycles. The minimum atomic E-state index is 0.411. The third kappa shape index (κ3) is 2.02. The standard InChI is InChI=1S/C7H11BrN2O/c1-3-5(4-2)6-9-7(8)10-11-6/h5H,3-4H2,1-2H3. The zero-order valence-corrected chi connectivity index (χ0v) is 8.26. The van der Waals surface area contributed by atoms with Crippen molar-refractivity contribution in [2.75, 3.05) is 0 Å². The Balaban J connectivity index is 2.73. The molecule has 0 aliphatic rings. The van der Waals surface area contributed by atoms with Crippen molar-refractivity contribution in [3.05, 3.63) is 10.6 Å². The number of hydrogen-bond donors (Lipinski definition) is 0. The summed E-state index contributed by atoms with van der Waals surface area (Å²) < 4.78 is 5.54. The Kier molecular flexibility index (Phi) is 3.05. The number of aromatic nitrogens is 2. The normalized spacial score (nSPS) is 10.9. The van der Waals surface area contributed by atoms with Gasteiger partial charge in [-0.15, -0.1) is 0 Å². The molecule has 3 nitrogen and oxygen atoms in total. The first kappa shape index (κ1) is 8.71. The lowest BCUT2D eigenvalue weighted by molar-refractivity contribution is 0.344. The van der Waals surface area contributed by atoms with Crippen molar-refractivity contribution in [2.45, 2.75) is 32.6 Å². The molecule has 0 aromatic carbocycles.